The molecule has 0 amide bonds. The Labute approximate surface area is 146 Å². The summed E-state index contributed by atoms with van der Waals surface area (Å²) in [5.74, 6) is -0.946. The van der Waals surface area contributed by atoms with Crippen molar-refractivity contribution < 1.29 is 14.5 Å². The van der Waals surface area contributed by atoms with Gasteiger partial charge in [-0.3, -0.25) is 10.1 Å². The van der Waals surface area contributed by atoms with Crippen molar-refractivity contribution in [3.8, 4) is 0 Å². The lowest BCUT2D eigenvalue weighted by Crippen LogP contribution is -2.31. The lowest BCUT2D eigenvalue weighted by Gasteiger charge is -2.26. The van der Waals surface area contributed by atoms with Crippen LogP contribution in [-0.4, -0.2) is 23.3 Å². The summed E-state index contributed by atoms with van der Waals surface area (Å²) in [4.78, 5) is 23.7. The maximum absolute atomic E-state index is 12.5. The van der Waals surface area contributed by atoms with Gasteiger partial charge in [-0.15, -0.1) is 0 Å². The summed E-state index contributed by atoms with van der Waals surface area (Å²) in [5, 5.41) is 14.6. The van der Waals surface area contributed by atoms with E-state index in [9.17, 15) is 14.9 Å². The molecule has 0 fully saturated rings. The zero-order valence-electron chi connectivity index (χ0n) is 13.8. The molecule has 0 aliphatic carbocycles. The molecule has 0 aromatic heterocycles. The van der Waals surface area contributed by atoms with Crippen molar-refractivity contribution >= 4 is 18.6 Å². The molecule has 24 heavy (non-hydrogen) atoms. The third kappa shape index (κ3) is 3.62. The highest BCUT2D eigenvalue weighted by Gasteiger charge is 2.40. The van der Waals surface area contributed by atoms with Crippen molar-refractivity contribution in [3.63, 3.8) is 0 Å². The fraction of sp³-hybridized carbons (Fsp3) is 0.353. The van der Waals surface area contributed by atoms with Crippen molar-refractivity contribution in [3.05, 3.63) is 68.2 Å². The number of ether oxygens (including phenoxy) is 1. The molecule has 6 nitrogen and oxygen atoms in total. The lowest BCUT2D eigenvalue weighted by molar-refractivity contribution is -0.431. The molecule has 0 spiro atoms. The first-order valence-corrected chi connectivity index (χ1v) is 8.17. The van der Waals surface area contributed by atoms with Gasteiger partial charge in [-0.25, -0.2) is 4.79 Å². The summed E-state index contributed by atoms with van der Waals surface area (Å²) in [6.45, 7) is 5.42. The van der Waals surface area contributed by atoms with Gasteiger partial charge >= 0.3 is 5.97 Å². The van der Waals surface area contributed by atoms with Gasteiger partial charge in [0.05, 0.1) is 16.2 Å². The third-order valence-corrected chi connectivity index (χ3v) is 4.02. The van der Waals surface area contributed by atoms with Crippen molar-refractivity contribution in [2.24, 2.45) is 0 Å². The van der Waals surface area contributed by atoms with Crippen LogP contribution in [0.3, 0.4) is 0 Å². The minimum Gasteiger partial charge on any atom is -0.461 e. The fourth-order valence-electron chi connectivity index (χ4n) is 2.89. The number of hydrogen-bond acceptors (Lipinski definition) is 6. The first-order valence-electron chi connectivity index (χ1n) is 7.54. The van der Waals surface area contributed by atoms with Gasteiger partial charge in [0.25, 0.3) is 5.70 Å². The summed E-state index contributed by atoms with van der Waals surface area (Å²) in [6.07, 6.45) is 0. The topological polar surface area (TPSA) is 81.5 Å². The maximum atomic E-state index is 12.5. The predicted octanol–water partition coefficient (Wildman–Crippen LogP) is 2.94. The Balaban J connectivity index is 2.59. The maximum Gasteiger partial charge on any atom is 0.337 e. The average Bonchev–Trinajstić information content (AvgIpc) is 2.51. The second-order valence-electron chi connectivity index (χ2n) is 5.64. The van der Waals surface area contributed by atoms with Gasteiger partial charge in [0.1, 0.15) is 12.5 Å². The first-order chi connectivity index (χ1) is 11.4. The van der Waals surface area contributed by atoms with Crippen molar-refractivity contribution in [2.75, 3.05) is 12.4 Å². The summed E-state index contributed by atoms with van der Waals surface area (Å²) in [7, 11) is 0. The van der Waals surface area contributed by atoms with Gasteiger partial charge in [0, 0.05) is 11.4 Å². The molecule has 1 aromatic rings. The summed E-state index contributed by atoms with van der Waals surface area (Å²) >= 11 is 4.03. The number of benzene rings is 1. The number of allylic oxidation sites excluding steroid dienone is 3. The number of nitrogens with one attached hydrogen (secondary N) is 1. The van der Waals surface area contributed by atoms with Crippen LogP contribution in [0.5, 0.6) is 0 Å². The van der Waals surface area contributed by atoms with E-state index in [0.717, 1.165) is 5.56 Å². The van der Waals surface area contributed by atoms with E-state index in [1.807, 2.05) is 25.1 Å². The Bertz CT molecular complexity index is 740. The van der Waals surface area contributed by atoms with E-state index >= 15 is 0 Å². The molecule has 0 bridgehead atoms. The van der Waals surface area contributed by atoms with Gasteiger partial charge in [-0.1, -0.05) is 29.8 Å². The van der Waals surface area contributed by atoms with E-state index in [2.05, 4.69) is 17.9 Å². The molecule has 1 N–H and O–H groups in total. The molecule has 7 heteroatoms. The standard InChI is InChI=1S/C17H20N2O4S/c1-10-5-4-6-13(9-10)15-14(17(20)23-7-8-24)11(2)18-12(3)16(15)19(21)22/h4-6,9,15,18,24H,7-8H2,1-3H3. The van der Waals surface area contributed by atoms with Crippen LogP contribution in [0.2, 0.25) is 0 Å². The molecular weight excluding hydrogens is 328 g/mol. The summed E-state index contributed by atoms with van der Waals surface area (Å²) in [5.41, 5.74) is 2.87. The number of nitrogens with zero attached hydrogens (tertiary/aromatic N) is 1. The summed E-state index contributed by atoms with van der Waals surface area (Å²) < 4.78 is 5.19. The average molecular weight is 348 g/mol. The number of carbonyl (C=O) groups excluding carboxylic acids is 1. The van der Waals surface area contributed by atoms with Crippen LogP contribution in [0, 0.1) is 17.0 Å². The van der Waals surface area contributed by atoms with Gasteiger partial charge in [-0.05, 0) is 26.3 Å². The zero-order chi connectivity index (χ0) is 17.9. The van der Waals surface area contributed by atoms with Gasteiger partial charge in [-0.2, -0.15) is 12.6 Å². The van der Waals surface area contributed by atoms with Crippen LogP contribution in [0.4, 0.5) is 0 Å². The molecule has 1 aromatic carbocycles. The number of esters is 1. The smallest absolute Gasteiger partial charge is 0.337 e. The van der Waals surface area contributed by atoms with E-state index < -0.39 is 16.8 Å². The van der Waals surface area contributed by atoms with Crippen LogP contribution in [0.15, 0.2) is 46.9 Å². The van der Waals surface area contributed by atoms with Gasteiger partial charge in [0.2, 0.25) is 0 Å². The molecule has 128 valence electrons. The number of aryl methyl sites for hydroxylation is 1. The Morgan fingerprint density at radius 1 is 1.33 bits per heavy atom. The second-order valence-corrected chi connectivity index (χ2v) is 6.08. The minimum atomic E-state index is -0.770. The van der Waals surface area contributed by atoms with Crippen molar-refractivity contribution in [2.45, 2.75) is 26.7 Å². The molecule has 1 heterocycles. The van der Waals surface area contributed by atoms with Crippen LogP contribution in [-0.2, 0) is 9.53 Å². The number of hydrogen-bond donors (Lipinski definition) is 2. The number of rotatable bonds is 5. The number of carbonyl (C=O) groups is 1. The molecular formula is C17H20N2O4S. The van der Waals surface area contributed by atoms with Crippen LogP contribution >= 0.6 is 12.6 Å². The highest BCUT2D eigenvalue weighted by molar-refractivity contribution is 7.80. The monoisotopic (exact) mass is 348 g/mol. The largest absolute Gasteiger partial charge is 0.461 e. The molecule has 1 unspecified atom stereocenters. The fourth-order valence-corrected chi connectivity index (χ4v) is 2.98. The number of thiol groups is 1. The quantitative estimate of drug-likeness (QED) is 0.370. The molecule has 0 radical (unpaired) electrons. The number of nitro groups is 1. The van der Waals surface area contributed by atoms with Crippen molar-refractivity contribution in [1.82, 2.24) is 5.32 Å². The van der Waals surface area contributed by atoms with E-state index in [1.54, 1.807) is 19.9 Å². The highest BCUT2D eigenvalue weighted by atomic mass is 32.1. The third-order valence-electron chi connectivity index (χ3n) is 3.84. The lowest BCUT2D eigenvalue weighted by atomic mass is 9.83. The minimum absolute atomic E-state index is 0.0379. The number of dihydropyridines is 1. The molecule has 1 atom stereocenters. The van der Waals surface area contributed by atoms with E-state index in [4.69, 9.17) is 4.74 Å². The Hall–Kier alpha value is -2.28. The molecule has 2 rings (SSSR count). The van der Waals surface area contributed by atoms with Crippen LogP contribution in [0.1, 0.15) is 30.9 Å². The normalized spacial score (nSPS) is 17.6. The van der Waals surface area contributed by atoms with E-state index in [1.165, 1.54) is 0 Å². The second kappa shape index (κ2) is 7.53. The molecule has 0 saturated heterocycles. The van der Waals surface area contributed by atoms with E-state index in [0.29, 0.717) is 22.7 Å². The van der Waals surface area contributed by atoms with Crippen LogP contribution < -0.4 is 5.32 Å². The predicted molar refractivity (Wildman–Crippen MR) is 94.3 cm³/mol. The van der Waals surface area contributed by atoms with Gasteiger partial charge in [0.15, 0.2) is 0 Å². The highest BCUT2D eigenvalue weighted by Crippen LogP contribution is 2.38. The molecule has 0 saturated carbocycles. The van der Waals surface area contributed by atoms with Crippen LogP contribution in [0.25, 0.3) is 0 Å². The Morgan fingerprint density at radius 3 is 2.62 bits per heavy atom. The van der Waals surface area contributed by atoms with Gasteiger partial charge < -0.3 is 10.1 Å². The molecule has 1 aliphatic rings. The van der Waals surface area contributed by atoms with E-state index in [-0.39, 0.29) is 17.9 Å². The SMILES string of the molecule is CC1=C(C(=O)OCCS)C(c2cccc(C)c2)C([N+](=O)[O-])=C(C)N1. The Morgan fingerprint density at radius 2 is 2.04 bits per heavy atom. The zero-order valence-corrected chi connectivity index (χ0v) is 14.7. The van der Waals surface area contributed by atoms with Crippen molar-refractivity contribution in [1.29, 1.82) is 0 Å². The molecule has 1 aliphatic heterocycles. The Kier molecular flexibility index (Phi) is 5.66. The summed E-state index contributed by atoms with van der Waals surface area (Å²) in [6, 6.07) is 7.37. The first kappa shape index (κ1) is 18.1.